The summed E-state index contributed by atoms with van der Waals surface area (Å²) in [4.78, 5) is 0.0345. The third kappa shape index (κ3) is 3.07. The van der Waals surface area contributed by atoms with Crippen LogP contribution in [0.2, 0.25) is 0 Å². The van der Waals surface area contributed by atoms with Gasteiger partial charge in [0.15, 0.2) is 19.7 Å². The van der Waals surface area contributed by atoms with Crippen LogP contribution in [0.15, 0.2) is 61.7 Å². The molecular weight excluding hydrogens is 344 g/mol. The van der Waals surface area contributed by atoms with Crippen molar-refractivity contribution in [1.29, 1.82) is 0 Å². The topological polar surface area (TPSA) is 68.3 Å². The highest BCUT2D eigenvalue weighted by Gasteiger charge is 2.22. The van der Waals surface area contributed by atoms with E-state index in [1.165, 1.54) is 0 Å². The van der Waals surface area contributed by atoms with Gasteiger partial charge >= 0.3 is 0 Å². The summed E-state index contributed by atoms with van der Waals surface area (Å²) >= 11 is 0. The second-order valence-corrected chi connectivity index (χ2v) is 9.78. The fourth-order valence-corrected chi connectivity index (χ4v) is 5.15. The standard InChI is InChI=1S/C18H16O4S2/c1-13-17-7-9-18(10-8-17)14(2)24(21,22)12-16-5-3-15(4-6-16)11-23(13,19)20/h3-10H,1-2,11-12H2. The molecule has 4 aliphatic rings. The summed E-state index contributed by atoms with van der Waals surface area (Å²) in [6.07, 6.45) is 0. The molecule has 0 atom stereocenters. The van der Waals surface area contributed by atoms with E-state index < -0.39 is 19.7 Å². The van der Waals surface area contributed by atoms with Gasteiger partial charge in [-0.15, -0.1) is 0 Å². The molecule has 2 aromatic carbocycles. The SMILES string of the molecule is C=C1c2ccc(cc2)C(=C)S(=O)(=O)Cc2ccc(cc2)CS1(=O)=O. The molecule has 4 heterocycles. The van der Waals surface area contributed by atoms with Crippen LogP contribution in [-0.4, -0.2) is 16.8 Å². The Hall–Kier alpha value is -2.18. The summed E-state index contributed by atoms with van der Waals surface area (Å²) in [6, 6.07) is 12.8. The molecule has 4 bridgehead atoms. The largest absolute Gasteiger partial charge is 0.223 e. The molecule has 0 radical (unpaired) electrons. The maximum Gasteiger partial charge on any atom is 0.182 e. The fraction of sp³-hybridized carbons (Fsp3) is 0.111. The summed E-state index contributed by atoms with van der Waals surface area (Å²) in [5, 5.41) is 0. The van der Waals surface area contributed by atoms with Gasteiger partial charge in [-0.2, -0.15) is 0 Å². The number of hydrogen-bond acceptors (Lipinski definition) is 4. The van der Waals surface area contributed by atoms with E-state index in [1.807, 2.05) is 0 Å². The van der Waals surface area contributed by atoms with Crippen molar-refractivity contribution in [3.63, 3.8) is 0 Å². The van der Waals surface area contributed by atoms with Gasteiger partial charge in [-0.3, -0.25) is 0 Å². The molecule has 0 N–H and O–H groups in total. The van der Waals surface area contributed by atoms with Gasteiger partial charge in [-0.25, -0.2) is 16.8 Å². The molecule has 6 rings (SSSR count). The first-order valence-corrected chi connectivity index (χ1v) is 10.5. The Balaban J connectivity index is 2.20. The third-order valence-corrected chi connectivity index (χ3v) is 7.42. The minimum absolute atomic E-state index is 0.0173. The van der Waals surface area contributed by atoms with Crippen LogP contribution in [0.5, 0.6) is 0 Å². The first-order chi connectivity index (χ1) is 11.2. The maximum absolute atomic E-state index is 12.5. The van der Waals surface area contributed by atoms with Crippen LogP contribution >= 0.6 is 0 Å². The number of sulfone groups is 2. The van der Waals surface area contributed by atoms with Crippen LogP contribution in [-0.2, 0) is 31.2 Å². The normalized spacial score (nSPS) is 19.2. The average Bonchev–Trinajstić information content (AvgIpc) is 2.54. The Kier molecular flexibility index (Phi) is 3.97. The maximum atomic E-state index is 12.5. The van der Waals surface area contributed by atoms with Crippen molar-refractivity contribution in [3.05, 3.63) is 83.9 Å². The smallest absolute Gasteiger partial charge is 0.182 e. The van der Waals surface area contributed by atoms with Gasteiger partial charge in [0.05, 0.1) is 21.3 Å². The molecule has 0 fully saturated rings. The molecule has 0 spiro atoms. The molecule has 6 heteroatoms. The predicted octanol–water partition coefficient (Wildman–Crippen LogP) is 3.17. The van der Waals surface area contributed by atoms with Crippen LogP contribution in [0.3, 0.4) is 0 Å². The molecule has 0 amide bonds. The van der Waals surface area contributed by atoms with E-state index in [0.717, 1.165) is 0 Å². The second-order valence-electron chi connectivity index (χ2n) is 5.76. The zero-order valence-electron chi connectivity index (χ0n) is 12.9. The monoisotopic (exact) mass is 360 g/mol. The molecule has 0 saturated carbocycles. The minimum Gasteiger partial charge on any atom is -0.223 e. The second kappa shape index (κ2) is 5.72. The molecule has 124 valence electrons. The number of benzene rings is 2. The van der Waals surface area contributed by atoms with E-state index in [4.69, 9.17) is 0 Å². The molecule has 4 aliphatic heterocycles. The number of hydrogen-bond donors (Lipinski definition) is 0. The number of rotatable bonds is 0. The van der Waals surface area contributed by atoms with Crippen molar-refractivity contribution < 1.29 is 16.8 Å². The molecule has 2 aromatic rings. The van der Waals surface area contributed by atoms with Crippen LogP contribution in [0.4, 0.5) is 0 Å². The van der Waals surface area contributed by atoms with Gasteiger partial charge in [0, 0.05) is 0 Å². The van der Waals surface area contributed by atoms with E-state index >= 15 is 0 Å². The van der Waals surface area contributed by atoms with Crippen LogP contribution in [0, 0.1) is 0 Å². The molecule has 0 aromatic heterocycles. The molecular formula is C18H16O4S2. The summed E-state index contributed by atoms with van der Waals surface area (Å²) in [5.41, 5.74) is 2.06. The molecule has 24 heavy (non-hydrogen) atoms. The molecule has 4 nitrogen and oxygen atoms in total. The zero-order valence-corrected chi connectivity index (χ0v) is 14.5. The minimum atomic E-state index is -3.55. The van der Waals surface area contributed by atoms with Crippen molar-refractivity contribution in [2.75, 3.05) is 0 Å². The summed E-state index contributed by atoms with van der Waals surface area (Å²) < 4.78 is 50.0. The first-order valence-electron chi connectivity index (χ1n) is 7.21. The molecule has 0 saturated heterocycles. The highest BCUT2D eigenvalue weighted by atomic mass is 32.2. The van der Waals surface area contributed by atoms with Gasteiger partial charge in [0.25, 0.3) is 0 Å². The first kappa shape index (κ1) is 16.7. The predicted molar refractivity (Wildman–Crippen MR) is 96.2 cm³/mol. The van der Waals surface area contributed by atoms with Gasteiger partial charge in [-0.05, 0) is 22.3 Å². The van der Waals surface area contributed by atoms with Crippen molar-refractivity contribution in [2.45, 2.75) is 11.5 Å². The highest BCUT2D eigenvalue weighted by molar-refractivity contribution is 8.00. The van der Waals surface area contributed by atoms with E-state index in [9.17, 15) is 16.8 Å². The Bertz CT molecular complexity index is 941. The van der Waals surface area contributed by atoms with Gasteiger partial charge in [0.1, 0.15) is 0 Å². The van der Waals surface area contributed by atoms with Crippen molar-refractivity contribution in [1.82, 2.24) is 0 Å². The van der Waals surface area contributed by atoms with Crippen molar-refractivity contribution >= 4 is 29.5 Å². The Morgan fingerprint density at radius 1 is 0.583 bits per heavy atom. The van der Waals surface area contributed by atoms with E-state index in [2.05, 4.69) is 13.2 Å². The Labute approximate surface area is 142 Å². The van der Waals surface area contributed by atoms with Gasteiger partial charge in [-0.1, -0.05) is 61.7 Å². The average molecular weight is 360 g/mol. The van der Waals surface area contributed by atoms with Crippen molar-refractivity contribution in [2.24, 2.45) is 0 Å². The summed E-state index contributed by atoms with van der Waals surface area (Å²) in [7, 11) is -7.10. The molecule has 0 aliphatic carbocycles. The third-order valence-electron chi connectivity index (χ3n) is 4.02. The lowest BCUT2D eigenvalue weighted by Crippen LogP contribution is -2.09. The van der Waals surface area contributed by atoms with Crippen LogP contribution in [0.25, 0.3) is 9.81 Å². The fourth-order valence-electron chi connectivity index (χ4n) is 2.55. The highest BCUT2D eigenvalue weighted by Crippen LogP contribution is 2.28. The Morgan fingerprint density at radius 3 is 1.17 bits per heavy atom. The Morgan fingerprint density at radius 2 is 0.875 bits per heavy atom. The van der Waals surface area contributed by atoms with Crippen LogP contribution in [0.1, 0.15) is 22.3 Å². The van der Waals surface area contributed by atoms with E-state index in [1.54, 1.807) is 48.5 Å². The lowest BCUT2D eigenvalue weighted by molar-refractivity contribution is 0.603. The van der Waals surface area contributed by atoms with Crippen LogP contribution < -0.4 is 0 Å². The van der Waals surface area contributed by atoms with Gasteiger partial charge < -0.3 is 0 Å². The van der Waals surface area contributed by atoms with Gasteiger partial charge in [0.2, 0.25) is 0 Å². The quantitative estimate of drug-likeness (QED) is 0.724. The van der Waals surface area contributed by atoms with Crippen molar-refractivity contribution in [3.8, 4) is 0 Å². The lowest BCUT2D eigenvalue weighted by atomic mass is 10.1. The lowest BCUT2D eigenvalue weighted by Gasteiger charge is -2.13. The van der Waals surface area contributed by atoms with E-state index in [0.29, 0.717) is 22.3 Å². The summed E-state index contributed by atoms with van der Waals surface area (Å²) in [5.74, 6) is -0.347. The van der Waals surface area contributed by atoms with E-state index in [-0.39, 0.29) is 21.3 Å². The molecule has 0 unspecified atom stereocenters. The summed E-state index contributed by atoms with van der Waals surface area (Å²) in [6.45, 7) is 7.40. The zero-order chi connectivity index (χ0) is 17.5.